The first-order valence-corrected chi connectivity index (χ1v) is 11.1. The number of nitrogens with one attached hydrogen (secondary N) is 3. The Morgan fingerprint density at radius 2 is 1.61 bits per heavy atom. The average molecular weight is 528 g/mol. The average Bonchev–Trinajstić information content (AvgIpc) is 2.91. The van der Waals surface area contributed by atoms with Gasteiger partial charge in [-0.25, -0.2) is 5.43 Å². The molecule has 38 heavy (non-hydrogen) atoms. The summed E-state index contributed by atoms with van der Waals surface area (Å²) in [6, 6.07) is 17.8. The first-order valence-electron chi connectivity index (χ1n) is 11.1. The Hall–Kier alpha value is -4.87. The number of nitrogens with zero attached hydrogens (tertiary/aromatic N) is 1. The summed E-state index contributed by atoms with van der Waals surface area (Å²) in [6.07, 6.45) is -3.44. The zero-order chi connectivity index (χ0) is 27.5. The van der Waals surface area contributed by atoms with E-state index in [9.17, 15) is 27.6 Å². The number of rotatable bonds is 9. The summed E-state index contributed by atoms with van der Waals surface area (Å²) in [5, 5.41) is 8.37. The second kappa shape index (κ2) is 12.9. The lowest BCUT2D eigenvalue weighted by atomic mass is 10.1. The molecule has 0 aliphatic carbocycles. The van der Waals surface area contributed by atoms with Crippen LogP contribution in [0.2, 0.25) is 0 Å². The van der Waals surface area contributed by atoms with Gasteiger partial charge >= 0.3 is 18.0 Å². The number of ether oxygens (including phenoxy) is 2. The number of methoxy groups -OCH3 is 1. The molecule has 0 aromatic heterocycles. The Morgan fingerprint density at radius 1 is 0.921 bits per heavy atom. The molecule has 0 heterocycles. The minimum Gasteiger partial charge on any atom is -0.497 e. The molecule has 0 aliphatic heterocycles. The minimum absolute atomic E-state index is 0.117. The number of hydrogen-bond donors (Lipinski definition) is 3. The van der Waals surface area contributed by atoms with E-state index in [1.165, 1.54) is 31.5 Å². The van der Waals surface area contributed by atoms with Crippen molar-refractivity contribution in [2.75, 3.05) is 19.0 Å². The molecule has 3 rings (SSSR count). The van der Waals surface area contributed by atoms with Crippen LogP contribution in [0, 0.1) is 0 Å². The standard InChI is InChI=1S/C26H23F3N4O5/c1-37-19-12-10-17(11-13-19)14-30-24(35)25(36)33-31-15-18-6-2-5-9-22(18)38-16-23(34)32-21-8-4-3-7-20(21)26(27,28)29/h2-13,15H,14,16H2,1H3,(H,30,35)(H,32,34)(H,33,36)/b31-15-. The predicted molar refractivity (Wildman–Crippen MR) is 133 cm³/mol. The number of halogens is 3. The van der Waals surface area contributed by atoms with Crippen molar-refractivity contribution in [1.82, 2.24) is 10.7 Å². The maximum absolute atomic E-state index is 13.1. The Labute approximate surface area is 215 Å². The molecule has 3 aromatic rings. The molecule has 0 unspecified atom stereocenters. The van der Waals surface area contributed by atoms with E-state index in [1.807, 2.05) is 0 Å². The summed E-state index contributed by atoms with van der Waals surface area (Å²) in [5.41, 5.74) is 1.81. The van der Waals surface area contributed by atoms with E-state index in [2.05, 4.69) is 21.2 Å². The van der Waals surface area contributed by atoms with Gasteiger partial charge in [-0.1, -0.05) is 36.4 Å². The third-order valence-electron chi connectivity index (χ3n) is 4.97. The molecule has 0 spiro atoms. The summed E-state index contributed by atoms with van der Waals surface area (Å²) >= 11 is 0. The van der Waals surface area contributed by atoms with E-state index in [0.717, 1.165) is 17.7 Å². The molecule has 0 radical (unpaired) electrons. The zero-order valence-electron chi connectivity index (χ0n) is 20.0. The Balaban J connectivity index is 1.52. The van der Waals surface area contributed by atoms with E-state index < -0.39 is 41.8 Å². The minimum atomic E-state index is -4.63. The van der Waals surface area contributed by atoms with E-state index in [1.54, 1.807) is 42.5 Å². The van der Waals surface area contributed by atoms with Gasteiger partial charge in [0, 0.05) is 12.1 Å². The van der Waals surface area contributed by atoms with Gasteiger partial charge in [0.05, 0.1) is 24.6 Å². The van der Waals surface area contributed by atoms with Crippen LogP contribution < -0.4 is 25.5 Å². The summed E-state index contributed by atoms with van der Waals surface area (Å²) in [4.78, 5) is 36.2. The predicted octanol–water partition coefficient (Wildman–Crippen LogP) is 3.50. The van der Waals surface area contributed by atoms with Crippen molar-refractivity contribution in [3.8, 4) is 11.5 Å². The normalized spacial score (nSPS) is 11.1. The highest BCUT2D eigenvalue weighted by Crippen LogP contribution is 2.34. The highest BCUT2D eigenvalue weighted by Gasteiger charge is 2.33. The van der Waals surface area contributed by atoms with E-state index in [0.29, 0.717) is 11.3 Å². The number of alkyl halides is 3. The molecule has 12 heteroatoms. The fraction of sp³-hybridized carbons (Fsp3) is 0.154. The molecule has 3 aromatic carbocycles. The van der Waals surface area contributed by atoms with Crippen molar-refractivity contribution in [3.05, 3.63) is 89.5 Å². The number of hydrazone groups is 1. The fourth-order valence-electron chi connectivity index (χ4n) is 3.10. The number of benzene rings is 3. The Kier molecular flexibility index (Phi) is 9.41. The van der Waals surface area contributed by atoms with Gasteiger partial charge in [0.25, 0.3) is 5.91 Å². The molecule has 3 N–H and O–H groups in total. The van der Waals surface area contributed by atoms with Crippen LogP contribution in [-0.4, -0.2) is 37.7 Å². The summed E-state index contributed by atoms with van der Waals surface area (Å²) in [6.45, 7) is -0.469. The van der Waals surface area contributed by atoms with Crippen LogP contribution in [0.4, 0.5) is 18.9 Å². The van der Waals surface area contributed by atoms with Gasteiger partial charge in [0.1, 0.15) is 11.5 Å². The van der Waals surface area contributed by atoms with E-state index in [4.69, 9.17) is 9.47 Å². The van der Waals surface area contributed by atoms with Crippen LogP contribution in [0.1, 0.15) is 16.7 Å². The molecule has 0 bridgehead atoms. The summed E-state index contributed by atoms with van der Waals surface area (Å²) in [5.74, 6) is -1.89. The quantitative estimate of drug-likeness (QED) is 0.223. The number of carbonyl (C=O) groups is 3. The van der Waals surface area contributed by atoms with Crippen molar-refractivity contribution < 1.29 is 37.0 Å². The molecule has 0 saturated carbocycles. The Morgan fingerprint density at radius 3 is 2.32 bits per heavy atom. The number of para-hydroxylation sites is 2. The highest BCUT2D eigenvalue weighted by molar-refractivity contribution is 6.35. The van der Waals surface area contributed by atoms with Gasteiger partial charge in [-0.05, 0) is 42.0 Å². The molecule has 3 amide bonds. The van der Waals surface area contributed by atoms with Crippen molar-refractivity contribution in [1.29, 1.82) is 0 Å². The van der Waals surface area contributed by atoms with Gasteiger partial charge in [-0.2, -0.15) is 18.3 Å². The first kappa shape index (κ1) is 27.7. The lowest BCUT2D eigenvalue weighted by Gasteiger charge is -2.14. The Bertz CT molecular complexity index is 1310. The van der Waals surface area contributed by atoms with Gasteiger partial charge in [0.15, 0.2) is 6.61 Å². The monoisotopic (exact) mass is 528 g/mol. The van der Waals surface area contributed by atoms with Crippen molar-refractivity contribution >= 4 is 29.6 Å². The first-order chi connectivity index (χ1) is 18.2. The van der Waals surface area contributed by atoms with Crippen LogP contribution in [0.3, 0.4) is 0 Å². The maximum Gasteiger partial charge on any atom is 0.418 e. The molecule has 0 saturated heterocycles. The molecule has 198 valence electrons. The summed E-state index contributed by atoms with van der Waals surface area (Å²) < 4.78 is 49.8. The van der Waals surface area contributed by atoms with Gasteiger partial charge in [-0.3, -0.25) is 14.4 Å². The van der Waals surface area contributed by atoms with Crippen molar-refractivity contribution in [3.63, 3.8) is 0 Å². The van der Waals surface area contributed by atoms with Gasteiger partial charge in [-0.15, -0.1) is 0 Å². The third kappa shape index (κ3) is 8.08. The second-order valence-electron chi connectivity index (χ2n) is 7.65. The highest BCUT2D eigenvalue weighted by atomic mass is 19.4. The van der Waals surface area contributed by atoms with Crippen LogP contribution in [0.15, 0.2) is 77.9 Å². The maximum atomic E-state index is 13.1. The van der Waals surface area contributed by atoms with Crippen LogP contribution >= 0.6 is 0 Å². The molecule has 0 atom stereocenters. The SMILES string of the molecule is COc1ccc(CNC(=O)C(=O)N/N=C\c2ccccc2OCC(=O)Nc2ccccc2C(F)(F)F)cc1. The number of carbonyl (C=O) groups excluding carboxylic acids is 3. The zero-order valence-corrected chi connectivity index (χ0v) is 20.0. The van der Waals surface area contributed by atoms with E-state index >= 15 is 0 Å². The van der Waals surface area contributed by atoms with Gasteiger partial charge < -0.3 is 20.1 Å². The number of amides is 3. The lowest BCUT2D eigenvalue weighted by Crippen LogP contribution is -2.37. The summed E-state index contributed by atoms with van der Waals surface area (Å²) in [7, 11) is 1.53. The smallest absolute Gasteiger partial charge is 0.418 e. The fourth-order valence-corrected chi connectivity index (χ4v) is 3.10. The van der Waals surface area contributed by atoms with E-state index in [-0.39, 0.29) is 12.3 Å². The number of anilines is 1. The molecule has 9 nitrogen and oxygen atoms in total. The van der Waals surface area contributed by atoms with Crippen LogP contribution in [-0.2, 0) is 27.1 Å². The topological polar surface area (TPSA) is 118 Å². The second-order valence-corrected chi connectivity index (χ2v) is 7.65. The van der Waals surface area contributed by atoms with Crippen molar-refractivity contribution in [2.24, 2.45) is 5.10 Å². The molecule has 0 fully saturated rings. The van der Waals surface area contributed by atoms with Crippen LogP contribution in [0.5, 0.6) is 11.5 Å². The third-order valence-corrected chi connectivity index (χ3v) is 4.97. The number of hydrogen-bond acceptors (Lipinski definition) is 6. The van der Waals surface area contributed by atoms with Gasteiger partial charge in [0.2, 0.25) is 0 Å². The van der Waals surface area contributed by atoms with Crippen LogP contribution in [0.25, 0.3) is 0 Å². The van der Waals surface area contributed by atoms with Crippen molar-refractivity contribution in [2.45, 2.75) is 12.7 Å². The molecular weight excluding hydrogens is 505 g/mol. The lowest BCUT2D eigenvalue weighted by molar-refractivity contribution is -0.139. The molecule has 0 aliphatic rings. The molecular formula is C26H23F3N4O5. The largest absolute Gasteiger partial charge is 0.497 e.